The third-order valence-electron chi connectivity index (χ3n) is 3.72. The number of furan rings is 1. The summed E-state index contributed by atoms with van der Waals surface area (Å²) in [4.78, 5) is 37.5. The largest absolute Gasteiger partial charge is 0.480 e. The highest BCUT2D eigenvalue weighted by molar-refractivity contribution is 8.18. The zero-order chi connectivity index (χ0) is 16.4. The third kappa shape index (κ3) is 3.42. The zero-order valence-electron chi connectivity index (χ0n) is 12.4. The smallest absolute Gasteiger partial charge is 0.323 e. The number of anilines is 1. The van der Waals surface area contributed by atoms with E-state index in [9.17, 15) is 14.4 Å². The van der Waals surface area contributed by atoms with Crippen LogP contribution in [0.4, 0.5) is 10.7 Å². The lowest BCUT2D eigenvalue weighted by Gasteiger charge is -2.25. The molecular weight excluding hydrogens is 320 g/mol. The molecule has 7 nitrogen and oxygen atoms in total. The molecule has 1 aromatic rings. The van der Waals surface area contributed by atoms with Gasteiger partial charge in [0.1, 0.15) is 12.3 Å². The molecule has 122 valence electrons. The Hall–Kier alpha value is -2.22. The molecule has 0 bridgehead atoms. The highest BCUT2D eigenvalue weighted by atomic mass is 32.2. The SMILES string of the molecule is O=C(O)CN1C(=O)S/C(=C/c2ccc(N3CCCCC3)o2)C1=O. The Morgan fingerprint density at radius 3 is 2.70 bits per heavy atom. The van der Waals surface area contributed by atoms with Crippen molar-refractivity contribution in [3.63, 3.8) is 0 Å². The summed E-state index contributed by atoms with van der Waals surface area (Å²) in [5.74, 6) is -0.593. The molecule has 0 unspecified atom stereocenters. The maximum atomic E-state index is 12.1. The Bertz CT molecular complexity index is 675. The van der Waals surface area contributed by atoms with Crippen LogP contribution >= 0.6 is 11.8 Å². The minimum atomic E-state index is -1.22. The van der Waals surface area contributed by atoms with Crippen molar-refractivity contribution < 1.29 is 23.9 Å². The van der Waals surface area contributed by atoms with Crippen molar-refractivity contribution >= 4 is 40.8 Å². The van der Waals surface area contributed by atoms with Crippen LogP contribution in [0.5, 0.6) is 0 Å². The standard InChI is InChI=1S/C15H16N2O5S/c18-13(19)9-17-14(20)11(23-15(17)21)8-10-4-5-12(22-10)16-6-2-1-3-7-16/h4-5,8H,1-3,6-7,9H2,(H,18,19)/b11-8+. The molecule has 0 atom stereocenters. The van der Waals surface area contributed by atoms with Gasteiger partial charge in [-0.15, -0.1) is 0 Å². The van der Waals surface area contributed by atoms with Gasteiger partial charge in [0.05, 0.1) is 4.91 Å². The highest BCUT2D eigenvalue weighted by Crippen LogP contribution is 2.33. The van der Waals surface area contributed by atoms with Crippen LogP contribution in [0.1, 0.15) is 25.0 Å². The van der Waals surface area contributed by atoms with Crippen molar-refractivity contribution in [3.8, 4) is 0 Å². The maximum Gasteiger partial charge on any atom is 0.323 e. The Balaban J connectivity index is 1.74. The first-order valence-electron chi connectivity index (χ1n) is 7.36. The van der Waals surface area contributed by atoms with Gasteiger partial charge in [-0.3, -0.25) is 19.3 Å². The van der Waals surface area contributed by atoms with Crippen molar-refractivity contribution in [2.75, 3.05) is 24.5 Å². The van der Waals surface area contributed by atoms with Gasteiger partial charge in [0.15, 0.2) is 5.88 Å². The molecule has 0 saturated carbocycles. The van der Waals surface area contributed by atoms with E-state index in [1.165, 1.54) is 12.5 Å². The summed E-state index contributed by atoms with van der Waals surface area (Å²) in [6, 6.07) is 3.59. The van der Waals surface area contributed by atoms with E-state index < -0.39 is 23.7 Å². The first kappa shape index (κ1) is 15.7. The van der Waals surface area contributed by atoms with Gasteiger partial charge in [-0.25, -0.2) is 0 Å². The number of carbonyl (C=O) groups excluding carboxylic acids is 2. The number of aliphatic carboxylic acids is 1. The molecule has 3 heterocycles. The predicted molar refractivity (Wildman–Crippen MR) is 85.1 cm³/mol. The first-order chi connectivity index (χ1) is 11.0. The molecule has 2 aliphatic heterocycles. The normalized spacial score (nSPS) is 20.6. The van der Waals surface area contributed by atoms with E-state index in [2.05, 4.69) is 4.90 Å². The molecule has 0 aromatic carbocycles. The van der Waals surface area contributed by atoms with E-state index in [0.717, 1.165) is 43.6 Å². The quantitative estimate of drug-likeness (QED) is 0.844. The average Bonchev–Trinajstić information content (AvgIpc) is 3.09. The van der Waals surface area contributed by atoms with Crippen LogP contribution in [-0.2, 0) is 9.59 Å². The van der Waals surface area contributed by atoms with Crippen LogP contribution in [0.3, 0.4) is 0 Å². The summed E-state index contributed by atoms with van der Waals surface area (Å²) in [5.41, 5.74) is 0. The zero-order valence-corrected chi connectivity index (χ0v) is 13.2. The number of carbonyl (C=O) groups is 3. The Morgan fingerprint density at radius 2 is 2.00 bits per heavy atom. The van der Waals surface area contributed by atoms with Crippen molar-refractivity contribution in [1.29, 1.82) is 0 Å². The summed E-state index contributed by atoms with van der Waals surface area (Å²) in [6.07, 6.45) is 4.97. The second kappa shape index (κ2) is 6.49. The molecular formula is C15H16N2O5S. The monoisotopic (exact) mass is 336 g/mol. The minimum Gasteiger partial charge on any atom is -0.480 e. The van der Waals surface area contributed by atoms with E-state index in [0.29, 0.717) is 10.7 Å². The van der Waals surface area contributed by atoms with Crippen molar-refractivity contribution in [1.82, 2.24) is 4.90 Å². The molecule has 0 radical (unpaired) electrons. The molecule has 3 rings (SSSR count). The van der Waals surface area contributed by atoms with Gasteiger partial charge >= 0.3 is 5.97 Å². The summed E-state index contributed by atoms with van der Waals surface area (Å²) in [7, 11) is 0. The number of amides is 2. The third-order valence-corrected chi connectivity index (χ3v) is 4.63. The van der Waals surface area contributed by atoms with E-state index >= 15 is 0 Å². The number of nitrogens with zero attached hydrogens (tertiary/aromatic N) is 2. The number of rotatable bonds is 4. The lowest BCUT2D eigenvalue weighted by atomic mass is 10.1. The molecule has 0 spiro atoms. The van der Waals surface area contributed by atoms with E-state index in [1.54, 1.807) is 6.07 Å². The summed E-state index contributed by atoms with van der Waals surface area (Å²) >= 11 is 0.725. The van der Waals surface area contributed by atoms with Gasteiger partial charge in [0.25, 0.3) is 11.1 Å². The summed E-state index contributed by atoms with van der Waals surface area (Å²) in [6.45, 7) is 1.27. The number of hydrogen-bond acceptors (Lipinski definition) is 6. The first-order valence-corrected chi connectivity index (χ1v) is 8.18. The predicted octanol–water partition coefficient (Wildman–Crippen LogP) is 2.39. The van der Waals surface area contributed by atoms with Crippen LogP contribution in [0.25, 0.3) is 6.08 Å². The number of imide groups is 1. The molecule has 1 N–H and O–H groups in total. The molecule has 2 amide bonds. The van der Waals surface area contributed by atoms with Crippen LogP contribution in [-0.4, -0.2) is 46.8 Å². The Morgan fingerprint density at radius 1 is 1.26 bits per heavy atom. The van der Waals surface area contributed by atoms with Gasteiger partial charge < -0.3 is 14.4 Å². The van der Waals surface area contributed by atoms with Crippen molar-refractivity contribution in [2.45, 2.75) is 19.3 Å². The number of hydrogen-bond donors (Lipinski definition) is 1. The second-order valence-corrected chi connectivity index (χ2v) is 6.38. The molecule has 0 aliphatic carbocycles. The van der Waals surface area contributed by atoms with Crippen LogP contribution in [0.15, 0.2) is 21.5 Å². The van der Waals surface area contributed by atoms with Crippen LogP contribution in [0.2, 0.25) is 0 Å². The van der Waals surface area contributed by atoms with Crippen molar-refractivity contribution in [2.24, 2.45) is 0 Å². The number of carboxylic acids is 1. The Kier molecular flexibility index (Phi) is 4.42. The van der Waals surface area contributed by atoms with Gasteiger partial charge in [0.2, 0.25) is 0 Å². The molecule has 2 aliphatic rings. The molecule has 2 saturated heterocycles. The van der Waals surface area contributed by atoms with Crippen LogP contribution in [0, 0.1) is 0 Å². The number of piperidine rings is 1. The lowest BCUT2D eigenvalue weighted by molar-refractivity contribution is -0.140. The fourth-order valence-corrected chi connectivity index (χ4v) is 3.42. The average molecular weight is 336 g/mol. The van der Waals surface area contributed by atoms with Crippen molar-refractivity contribution in [3.05, 3.63) is 22.8 Å². The van der Waals surface area contributed by atoms with Gasteiger partial charge in [0, 0.05) is 25.2 Å². The van der Waals surface area contributed by atoms with E-state index in [-0.39, 0.29) is 4.91 Å². The number of thioether (sulfide) groups is 1. The topological polar surface area (TPSA) is 91.1 Å². The van der Waals surface area contributed by atoms with E-state index in [1.807, 2.05) is 6.07 Å². The molecule has 23 heavy (non-hydrogen) atoms. The minimum absolute atomic E-state index is 0.177. The Labute approximate surface area is 136 Å². The fourth-order valence-electron chi connectivity index (χ4n) is 2.60. The number of carboxylic acid groups (broad SMARTS) is 1. The second-order valence-electron chi connectivity index (χ2n) is 5.39. The lowest BCUT2D eigenvalue weighted by Crippen LogP contribution is -2.33. The van der Waals surface area contributed by atoms with Gasteiger partial charge in [-0.05, 0) is 37.1 Å². The summed E-state index contributed by atoms with van der Waals surface area (Å²) < 4.78 is 5.72. The summed E-state index contributed by atoms with van der Waals surface area (Å²) in [5, 5.41) is 8.16. The highest BCUT2D eigenvalue weighted by Gasteiger charge is 2.36. The van der Waals surface area contributed by atoms with Gasteiger partial charge in [-0.1, -0.05) is 0 Å². The van der Waals surface area contributed by atoms with Crippen LogP contribution < -0.4 is 4.90 Å². The molecule has 8 heteroatoms. The molecule has 1 aromatic heterocycles. The van der Waals surface area contributed by atoms with E-state index in [4.69, 9.17) is 9.52 Å². The maximum absolute atomic E-state index is 12.1. The fraction of sp³-hybridized carbons (Fsp3) is 0.400. The van der Waals surface area contributed by atoms with Gasteiger partial charge in [-0.2, -0.15) is 0 Å². The molecule has 2 fully saturated rings.